The Morgan fingerprint density at radius 3 is 2.89 bits per heavy atom. The number of likely N-dealkylation sites (tertiary alicyclic amines) is 1. The number of carbonyl (C=O) groups is 1. The largest absolute Gasteiger partial charge is 0.497 e. The van der Waals surface area contributed by atoms with Crippen molar-refractivity contribution in [3.8, 4) is 5.75 Å². The van der Waals surface area contributed by atoms with Gasteiger partial charge in [-0.25, -0.2) is 4.79 Å². The van der Waals surface area contributed by atoms with E-state index in [0.29, 0.717) is 13.2 Å². The van der Waals surface area contributed by atoms with E-state index in [1.165, 1.54) is 5.56 Å². The van der Waals surface area contributed by atoms with E-state index in [-0.39, 0.29) is 17.5 Å². The predicted molar refractivity (Wildman–Crippen MR) is 105 cm³/mol. The zero-order chi connectivity index (χ0) is 19.6. The average molecular weight is 384 g/mol. The number of carbonyl (C=O) groups excluding carboxylic acids is 1. The van der Waals surface area contributed by atoms with Crippen LogP contribution in [0.2, 0.25) is 0 Å². The number of benzene rings is 1. The third-order valence-electron chi connectivity index (χ3n) is 5.92. The van der Waals surface area contributed by atoms with Crippen LogP contribution in [0.1, 0.15) is 48.8 Å². The van der Waals surface area contributed by atoms with Crippen LogP contribution in [0, 0.1) is 0 Å². The van der Waals surface area contributed by atoms with Crippen LogP contribution in [-0.4, -0.2) is 38.2 Å². The lowest BCUT2D eigenvalue weighted by atomic mass is 9.96. The number of nitrogens with zero attached hydrogens (tertiary/aromatic N) is 1. The van der Waals surface area contributed by atoms with Crippen molar-refractivity contribution >= 4 is 6.03 Å². The number of urea groups is 1. The maximum absolute atomic E-state index is 12.9. The van der Waals surface area contributed by atoms with Gasteiger partial charge in [0.05, 0.1) is 13.2 Å². The first-order chi connectivity index (χ1) is 13.6. The molecule has 0 radical (unpaired) electrons. The maximum atomic E-state index is 12.9. The van der Waals surface area contributed by atoms with Crippen molar-refractivity contribution in [2.45, 2.75) is 43.7 Å². The van der Waals surface area contributed by atoms with Crippen LogP contribution in [-0.2, 0) is 16.8 Å². The molecule has 0 bridgehead atoms. The van der Waals surface area contributed by atoms with E-state index in [0.717, 1.165) is 49.5 Å². The first-order valence-corrected chi connectivity index (χ1v) is 9.92. The summed E-state index contributed by atoms with van der Waals surface area (Å²) in [5.41, 5.74) is 1.27. The van der Waals surface area contributed by atoms with Crippen LogP contribution in [0.5, 0.6) is 5.75 Å². The molecule has 2 amide bonds. The number of rotatable bonds is 7. The molecule has 1 unspecified atom stereocenters. The Morgan fingerprint density at radius 1 is 1.29 bits per heavy atom. The van der Waals surface area contributed by atoms with Crippen molar-refractivity contribution in [1.82, 2.24) is 10.2 Å². The molecule has 6 heteroatoms. The predicted octanol–water partition coefficient (Wildman–Crippen LogP) is 4.01. The van der Waals surface area contributed by atoms with Crippen molar-refractivity contribution in [3.63, 3.8) is 0 Å². The molecular weight excluding hydrogens is 356 g/mol. The van der Waals surface area contributed by atoms with Gasteiger partial charge in [0, 0.05) is 25.6 Å². The lowest BCUT2D eigenvalue weighted by Crippen LogP contribution is -2.42. The number of methoxy groups -OCH3 is 2. The number of furan rings is 1. The van der Waals surface area contributed by atoms with Crippen molar-refractivity contribution < 1.29 is 18.7 Å². The Bertz CT molecular complexity index is 827. The normalized spacial score (nSPS) is 20.2. The minimum Gasteiger partial charge on any atom is -0.497 e. The molecule has 2 fully saturated rings. The molecule has 1 N–H and O–H groups in total. The van der Waals surface area contributed by atoms with E-state index in [1.54, 1.807) is 14.2 Å². The van der Waals surface area contributed by atoms with Crippen molar-refractivity contribution in [2.24, 2.45) is 0 Å². The molecule has 150 valence electrons. The first-order valence-electron chi connectivity index (χ1n) is 9.92. The second kappa shape index (κ2) is 7.87. The Labute approximate surface area is 165 Å². The Balaban J connectivity index is 1.40. The van der Waals surface area contributed by atoms with E-state index in [2.05, 4.69) is 17.4 Å². The quantitative estimate of drug-likeness (QED) is 0.783. The molecule has 2 aromatic rings. The van der Waals surface area contributed by atoms with Crippen LogP contribution < -0.4 is 10.1 Å². The van der Waals surface area contributed by atoms with Gasteiger partial charge in [0.1, 0.15) is 23.9 Å². The summed E-state index contributed by atoms with van der Waals surface area (Å²) in [5.74, 6) is 2.49. The summed E-state index contributed by atoms with van der Waals surface area (Å²) >= 11 is 0. The SMILES string of the molecule is COCc1ccc(C2CCCN2C(=O)NCC2(c3cccc(OC)c3)CC2)o1. The number of hydrogen-bond donors (Lipinski definition) is 1. The summed E-state index contributed by atoms with van der Waals surface area (Å²) in [4.78, 5) is 14.8. The van der Waals surface area contributed by atoms with E-state index < -0.39 is 0 Å². The Kier molecular flexibility index (Phi) is 5.31. The molecule has 1 atom stereocenters. The third kappa shape index (κ3) is 3.74. The van der Waals surface area contributed by atoms with Gasteiger partial charge in [0.25, 0.3) is 0 Å². The van der Waals surface area contributed by atoms with E-state index >= 15 is 0 Å². The first kappa shape index (κ1) is 18.9. The number of ether oxygens (including phenoxy) is 2. The highest BCUT2D eigenvalue weighted by molar-refractivity contribution is 5.75. The molecule has 2 aliphatic rings. The highest BCUT2D eigenvalue weighted by atomic mass is 16.5. The monoisotopic (exact) mass is 384 g/mol. The minimum atomic E-state index is -0.0126. The van der Waals surface area contributed by atoms with Gasteiger partial charge in [-0.15, -0.1) is 0 Å². The molecule has 4 rings (SSSR count). The van der Waals surface area contributed by atoms with Crippen LogP contribution in [0.15, 0.2) is 40.8 Å². The lowest BCUT2D eigenvalue weighted by molar-refractivity contribution is 0.156. The molecule has 0 spiro atoms. The van der Waals surface area contributed by atoms with Gasteiger partial charge < -0.3 is 24.1 Å². The molecule has 6 nitrogen and oxygen atoms in total. The van der Waals surface area contributed by atoms with Gasteiger partial charge in [-0.2, -0.15) is 0 Å². The maximum Gasteiger partial charge on any atom is 0.318 e. The smallest absolute Gasteiger partial charge is 0.318 e. The second-order valence-corrected chi connectivity index (χ2v) is 7.76. The summed E-state index contributed by atoms with van der Waals surface area (Å²) in [7, 11) is 3.33. The summed E-state index contributed by atoms with van der Waals surface area (Å²) in [6.45, 7) is 1.85. The van der Waals surface area contributed by atoms with Crippen LogP contribution in [0.25, 0.3) is 0 Å². The molecular formula is C22H28N2O4. The fourth-order valence-electron chi connectivity index (χ4n) is 4.12. The highest BCUT2D eigenvalue weighted by Crippen LogP contribution is 2.48. The molecule has 28 heavy (non-hydrogen) atoms. The van der Waals surface area contributed by atoms with Gasteiger partial charge in [-0.3, -0.25) is 0 Å². The van der Waals surface area contributed by atoms with Crippen molar-refractivity contribution in [2.75, 3.05) is 27.3 Å². The number of nitrogens with one attached hydrogen (secondary N) is 1. The van der Waals surface area contributed by atoms with Gasteiger partial charge >= 0.3 is 6.03 Å². The summed E-state index contributed by atoms with van der Waals surface area (Å²) < 4.78 is 16.4. The summed E-state index contributed by atoms with van der Waals surface area (Å²) in [6, 6.07) is 12.0. The topological polar surface area (TPSA) is 63.9 Å². The summed E-state index contributed by atoms with van der Waals surface area (Å²) in [5, 5.41) is 3.17. The van der Waals surface area contributed by atoms with Gasteiger partial charge in [0.15, 0.2) is 0 Å². The van der Waals surface area contributed by atoms with Crippen molar-refractivity contribution in [3.05, 3.63) is 53.5 Å². The second-order valence-electron chi connectivity index (χ2n) is 7.76. The third-order valence-corrected chi connectivity index (χ3v) is 5.92. The zero-order valence-electron chi connectivity index (χ0n) is 16.6. The lowest BCUT2D eigenvalue weighted by Gasteiger charge is -2.25. The van der Waals surface area contributed by atoms with Crippen molar-refractivity contribution in [1.29, 1.82) is 0 Å². The van der Waals surface area contributed by atoms with Gasteiger partial charge in [-0.1, -0.05) is 12.1 Å². The van der Waals surface area contributed by atoms with E-state index in [1.807, 2.05) is 29.2 Å². The van der Waals surface area contributed by atoms with Crippen LogP contribution in [0.3, 0.4) is 0 Å². The van der Waals surface area contributed by atoms with E-state index in [9.17, 15) is 4.79 Å². The average Bonchev–Trinajstić information content (AvgIpc) is 3.12. The van der Waals surface area contributed by atoms with Gasteiger partial charge in [-0.05, 0) is 55.5 Å². The zero-order valence-corrected chi connectivity index (χ0v) is 16.6. The fourth-order valence-corrected chi connectivity index (χ4v) is 4.12. The van der Waals surface area contributed by atoms with E-state index in [4.69, 9.17) is 13.9 Å². The Morgan fingerprint density at radius 2 is 2.14 bits per heavy atom. The molecule has 1 saturated carbocycles. The molecule has 2 heterocycles. The molecule has 1 saturated heterocycles. The molecule has 1 aliphatic carbocycles. The van der Waals surface area contributed by atoms with Crippen LogP contribution >= 0.6 is 0 Å². The fraction of sp³-hybridized carbons (Fsp3) is 0.500. The Hall–Kier alpha value is -2.47. The summed E-state index contributed by atoms with van der Waals surface area (Å²) in [6.07, 6.45) is 4.08. The molecule has 1 aliphatic heterocycles. The standard InChI is InChI=1S/C22H28N2O4/c1-26-14-18-8-9-20(28-18)19-7-4-12-24(19)21(25)23-15-22(10-11-22)16-5-3-6-17(13-16)27-2/h3,5-6,8-9,13,19H,4,7,10-12,14-15H2,1-2H3,(H,23,25). The number of hydrogen-bond acceptors (Lipinski definition) is 4. The molecule has 1 aromatic carbocycles. The van der Waals surface area contributed by atoms with Gasteiger partial charge in [0.2, 0.25) is 0 Å². The number of amides is 2. The molecule has 1 aromatic heterocycles. The minimum absolute atomic E-state index is 0.00224. The highest BCUT2D eigenvalue weighted by Gasteiger charge is 2.45. The van der Waals surface area contributed by atoms with Crippen LogP contribution in [0.4, 0.5) is 4.79 Å².